The first kappa shape index (κ1) is 14.3. The average molecular weight is 278 g/mol. The summed E-state index contributed by atoms with van der Waals surface area (Å²) < 4.78 is 5.08. The average Bonchev–Trinajstić information content (AvgIpc) is 2.80. The molecule has 1 aromatic carbocycles. The molecule has 2 unspecified atom stereocenters. The number of nitrogens with two attached hydrogens (primary N) is 1. The van der Waals surface area contributed by atoms with E-state index in [1.54, 1.807) is 0 Å². The van der Waals surface area contributed by atoms with Crippen LogP contribution in [-0.2, 0) is 16.1 Å². The lowest BCUT2D eigenvalue weighted by Gasteiger charge is -2.18. The Labute approximate surface area is 116 Å². The number of rotatable bonds is 4. The van der Waals surface area contributed by atoms with Gasteiger partial charge in [0.15, 0.2) is 0 Å². The molecule has 0 heterocycles. The van der Waals surface area contributed by atoms with Crippen molar-refractivity contribution in [1.82, 2.24) is 5.32 Å². The maximum atomic E-state index is 11.6. The third-order valence-corrected chi connectivity index (χ3v) is 3.51. The summed E-state index contributed by atoms with van der Waals surface area (Å²) in [6.07, 6.45) is 0.575. The highest BCUT2D eigenvalue weighted by Gasteiger charge is 2.42. The molecule has 6 nitrogen and oxygen atoms in total. The van der Waals surface area contributed by atoms with Crippen molar-refractivity contribution in [3.63, 3.8) is 0 Å². The molecule has 0 saturated heterocycles. The van der Waals surface area contributed by atoms with Crippen LogP contribution in [-0.4, -0.2) is 28.7 Å². The summed E-state index contributed by atoms with van der Waals surface area (Å²) in [6.45, 7) is 0.187. The standard InChI is InChI=1S/C14H18N2O4/c15-14(12(17)18)7-6-11(8-14)16-13(19)20-9-10-4-2-1-3-5-10/h1-5,11H,6-9,15H2,(H,16,19)(H,17,18). The highest BCUT2D eigenvalue weighted by Crippen LogP contribution is 2.28. The van der Waals surface area contributed by atoms with Gasteiger partial charge in [-0.25, -0.2) is 4.79 Å². The van der Waals surface area contributed by atoms with Gasteiger partial charge in [-0.05, 0) is 24.8 Å². The Morgan fingerprint density at radius 3 is 2.70 bits per heavy atom. The van der Waals surface area contributed by atoms with E-state index in [4.69, 9.17) is 15.6 Å². The van der Waals surface area contributed by atoms with Crippen molar-refractivity contribution < 1.29 is 19.4 Å². The molecule has 108 valence electrons. The van der Waals surface area contributed by atoms with Crippen LogP contribution < -0.4 is 11.1 Å². The number of ether oxygens (including phenoxy) is 1. The molecule has 1 aliphatic rings. The van der Waals surface area contributed by atoms with E-state index < -0.39 is 17.6 Å². The number of carboxylic acid groups (broad SMARTS) is 1. The zero-order valence-corrected chi connectivity index (χ0v) is 11.0. The molecule has 1 saturated carbocycles. The van der Waals surface area contributed by atoms with E-state index in [1.165, 1.54) is 0 Å². The minimum absolute atomic E-state index is 0.187. The fourth-order valence-corrected chi connectivity index (χ4v) is 2.32. The molecule has 0 bridgehead atoms. The molecule has 4 N–H and O–H groups in total. The third kappa shape index (κ3) is 3.48. The smallest absolute Gasteiger partial charge is 0.407 e. The molecule has 1 aromatic rings. The zero-order chi connectivity index (χ0) is 14.6. The van der Waals surface area contributed by atoms with Crippen LogP contribution >= 0.6 is 0 Å². The lowest BCUT2D eigenvalue weighted by Crippen LogP contribution is -2.47. The largest absolute Gasteiger partial charge is 0.480 e. The second-order valence-corrected chi connectivity index (χ2v) is 5.11. The molecule has 0 spiro atoms. The van der Waals surface area contributed by atoms with Crippen LogP contribution in [0.4, 0.5) is 4.79 Å². The van der Waals surface area contributed by atoms with Gasteiger partial charge >= 0.3 is 12.1 Å². The van der Waals surface area contributed by atoms with E-state index in [-0.39, 0.29) is 19.1 Å². The maximum Gasteiger partial charge on any atom is 0.407 e. The fraction of sp³-hybridized carbons (Fsp3) is 0.429. The Hall–Kier alpha value is -2.08. The van der Waals surface area contributed by atoms with Crippen LogP contribution in [0.2, 0.25) is 0 Å². The van der Waals surface area contributed by atoms with Crippen molar-refractivity contribution in [2.24, 2.45) is 5.73 Å². The molecule has 1 fully saturated rings. The van der Waals surface area contributed by atoms with Crippen molar-refractivity contribution >= 4 is 12.1 Å². The molecule has 20 heavy (non-hydrogen) atoms. The number of amides is 1. The van der Waals surface area contributed by atoms with Gasteiger partial charge in [0.1, 0.15) is 12.1 Å². The molecule has 6 heteroatoms. The molecule has 1 aliphatic carbocycles. The predicted molar refractivity (Wildman–Crippen MR) is 72.0 cm³/mol. The summed E-state index contributed by atoms with van der Waals surface area (Å²) >= 11 is 0. The number of aliphatic carboxylic acids is 1. The first-order valence-corrected chi connectivity index (χ1v) is 6.49. The lowest BCUT2D eigenvalue weighted by molar-refractivity contribution is -0.143. The molecular weight excluding hydrogens is 260 g/mol. The number of hydrogen-bond donors (Lipinski definition) is 3. The summed E-state index contributed by atoms with van der Waals surface area (Å²) in [5, 5.41) is 11.7. The van der Waals surface area contributed by atoms with Crippen molar-refractivity contribution in [1.29, 1.82) is 0 Å². The number of alkyl carbamates (subject to hydrolysis) is 1. The monoisotopic (exact) mass is 278 g/mol. The Bertz CT molecular complexity index is 491. The van der Waals surface area contributed by atoms with Gasteiger partial charge in [0.25, 0.3) is 0 Å². The minimum Gasteiger partial charge on any atom is -0.480 e. The van der Waals surface area contributed by atoms with Gasteiger partial charge in [-0.2, -0.15) is 0 Å². The van der Waals surface area contributed by atoms with Gasteiger partial charge in [-0.3, -0.25) is 4.79 Å². The normalized spacial score (nSPS) is 25.1. The Kier molecular flexibility index (Phi) is 4.24. The summed E-state index contributed by atoms with van der Waals surface area (Å²) in [5.41, 5.74) is 5.40. The molecule has 2 rings (SSSR count). The number of nitrogens with one attached hydrogen (secondary N) is 1. The van der Waals surface area contributed by atoms with Crippen LogP contribution in [0.25, 0.3) is 0 Å². The van der Waals surface area contributed by atoms with Gasteiger partial charge in [0, 0.05) is 6.04 Å². The van der Waals surface area contributed by atoms with Gasteiger partial charge in [-0.1, -0.05) is 30.3 Å². The zero-order valence-electron chi connectivity index (χ0n) is 11.0. The van der Waals surface area contributed by atoms with E-state index in [0.29, 0.717) is 12.8 Å². The number of benzene rings is 1. The van der Waals surface area contributed by atoms with Crippen molar-refractivity contribution in [2.45, 2.75) is 37.5 Å². The van der Waals surface area contributed by atoms with E-state index >= 15 is 0 Å². The minimum atomic E-state index is -1.24. The SMILES string of the molecule is NC1(C(=O)O)CCC(NC(=O)OCc2ccccc2)C1. The Morgan fingerprint density at radius 2 is 2.10 bits per heavy atom. The number of carboxylic acids is 1. The molecule has 0 radical (unpaired) electrons. The highest BCUT2D eigenvalue weighted by atomic mass is 16.5. The molecular formula is C14H18N2O4. The molecule has 1 amide bonds. The van der Waals surface area contributed by atoms with Crippen LogP contribution in [0, 0.1) is 0 Å². The first-order chi connectivity index (χ1) is 9.49. The van der Waals surface area contributed by atoms with Gasteiger partial charge in [0.05, 0.1) is 0 Å². The van der Waals surface area contributed by atoms with Gasteiger partial charge < -0.3 is 20.9 Å². The number of carbonyl (C=O) groups excluding carboxylic acids is 1. The Morgan fingerprint density at radius 1 is 1.40 bits per heavy atom. The third-order valence-electron chi connectivity index (χ3n) is 3.51. The van der Waals surface area contributed by atoms with Gasteiger partial charge in [-0.15, -0.1) is 0 Å². The predicted octanol–water partition coefficient (Wildman–Crippen LogP) is 1.25. The Balaban J connectivity index is 1.77. The van der Waals surface area contributed by atoms with E-state index in [2.05, 4.69) is 5.32 Å². The van der Waals surface area contributed by atoms with Crippen molar-refractivity contribution in [3.05, 3.63) is 35.9 Å². The van der Waals surface area contributed by atoms with Crippen LogP contribution in [0.3, 0.4) is 0 Å². The molecule has 0 aromatic heterocycles. The quantitative estimate of drug-likeness (QED) is 0.769. The van der Waals surface area contributed by atoms with E-state index in [1.807, 2.05) is 30.3 Å². The first-order valence-electron chi connectivity index (χ1n) is 6.49. The van der Waals surface area contributed by atoms with Crippen molar-refractivity contribution in [3.8, 4) is 0 Å². The van der Waals surface area contributed by atoms with Crippen LogP contribution in [0.1, 0.15) is 24.8 Å². The second-order valence-electron chi connectivity index (χ2n) is 5.11. The van der Waals surface area contributed by atoms with E-state index in [9.17, 15) is 9.59 Å². The topological polar surface area (TPSA) is 102 Å². The second kappa shape index (κ2) is 5.92. The number of carbonyl (C=O) groups is 2. The lowest BCUT2D eigenvalue weighted by atomic mass is 9.99. The molecule has 2 atom stereocenters. The van der Waals surface area contributed by atoms with Crippen LogP contribution in [0.5, 0.6) is 0 Å². The maximum absolute atomic E-state index is 11.6. The van der Waals surface area contributed by atoms with Gasteiger partial charge in [0.2, 0.25) is 0 Å². The summed E-state index contributed by atoms with van der Waals surface area (Å²) in [4.78, 5) is 22.6. The number of hydrogen-bond acceptors (Lipinski definition) is 4. The highest BCUT2D eigenvalue weighted by molar-refractivity contribution is 5.79. The van der Waals surface area contributed by atoms with E-state index in [0.717, 1.165) is 5.56 Å². The fourth-order valence-electron chi connectivity index (χ4n) is 2.32. The summed E-state index contributed by atoms with van der Waals surface area (Å²) in [5.74, 6) is -1.03. The molecule has 0 aliphatic heterocycles. The van der Waals surface area contributed by atoms with Crippen molar-refractivity contribution in [2.75, 3.05) is 0 Å². The summed E-state index contributed by atoms with van der Waals surface area (Å²) in [6, 6.07) is 9.08. The van der Waals surface area contributed by atoms with Crippen LogP contribution in [0.15, 0.2) is 30.3 Å². The summed E-state index contributed by atoms with van der Waals surface area (Å²) in [7, 11) is 0.